The molecular formula is C10H10BrN3OS. The number of hydrogen-bond acceptors (Lipinski definition) is 5. The van der Waals surface area contributed by atoms with E-state index in [-0.39, 0.29) is 6.54 Å². The minimum Gasteiger partial charge on any atom is -0.338 e. The number of hydrogen-bond donors (Lipinski definition) is 1. The third-order valence-electron chi connectivity index (χ3n) is 2.06. The molecule has 0 atom stereocenters. The Bertz CT molecular complexity index is 501. The van der Waals surface area contributed by atoms with Crippen molar-refractivity contribution in [2.45, 2.75) is 11.4 Å². The van der Waals surface area contributed by atoms with Crippen LogP contribution in [0.15, 0.2) is 32.1 Å². The van der Waals surface area contributed by atoms with Crippen LogP contribution in [-0.2, 0) is 6.54 Å². The Hall–Kier alpha value is -0.850. The first kappa shape index (κ1) is 11.6. The Labute approximate surface area is 106 Å². The third kappa shape index (κ3) is 2.14. The summed E-state index contributed by atoms with van der Waals surface area (Å²) in [4.78, 5) is 5.32. The van der Waals surface area contributed by atoms with Crippen LogP contribution >= 0.6 is 27.7 Å². The van der Waals surface area contributed by atoms with Crippen molar-refractivity contribution < 1.29 is 4.52 Å². The molecule has 0 aliphatic rings. The minimum atomic E-state index is 0.256. The predicted molar refractivity (Wildman–Crippen MR) is 67.1 cm³/mol. The maximum atomic E-state index is 5.44. The van der Waals surface area contributed by atoms with Gasteiger partial charge in [0, 0.05) is 9.37 Å². The van der Waals surface area contributed by atoms with Crippen LogP contribution < -0.4 is 5.73 Å². The van der Waals surface area contributed by atoms with Gasteiger partial charge in [-0.1, -0.05) is 11.2 Å². The lowest BCUT2D eigenvalue weighted by atomic mass is 10.2. The van der Waals surface area contributed by atoms with E-state index in [9.17, 15) is 0 Å². The van der Waals surface area contributed by atoms with Gasteiger partial charge in [-0.05, 0) is 34.3 Å². The van der Waals surface area contributed by atoms with Gasteiger partial charge < -0.3 is 10.3 Å². The van der Waals surface area contributed by atoms with E-state index in [2.05, 4.69) is 26.1 Å². The minimum absolute atomic E-state index is 0.256. The monoisotopic (exact) mass is 299 g/mol. The lowest BCUT2D eigenvalue weighted by Gasteiger charge is -2.04. The van der Waals surface area contributed by atoms with Crippen molar-refractivity contribution in [1.82, 2.24) is 10.1 Å². The summed E-state index contributed by atoms with van der Waals surface area (Å²) in [7, 11) is 0. The van der Waals surface area contributed by atoms with Crippen LogP contribution in [0.1, 0.15) is 5.89 Å². The second-order valence-corrected chi connectivity index (χ2v) is 4.74. The molecule has 1 heterocycles. The molecular weight excluding hydrogens is 290 g/mol. The molecule has 16 heavy (non-hydrogen) atoms. The highest BCUT2D eigenvalue weighted by Gasteiger charge is 2.14. The van der Waals surface area contributed by atoms with Crippen molar-refractivity contribution >= 4 is 27.7 Å². The number of nitrogens with zero attached hydrogens (tertiary/aromatic N) is 2. The van der Waals surface area contributed by atoms with Crippen molar-refractivity contribution in [2.75, 3.05) is 6.26 Å². The van der Waals surface area contributed by atoms with Crippen molar-refractivity contribution in [3.8, 4) is 11.4 Å². The molecule has 2 rings (SSSR count). The highest BCUT2D eigenvalue weighted by atomic mass is 79.9. The van der Waals surface area contributed by atoms with Gasteiger partial charge in [-0.2, -0.15) is 4.98 Å². The van der Waals surface area contributed by atoms with Crippen LogP contribution in [0.25, 0.3) is 11.4 Å². The Balaban J connectivity index is 2.53. The summed E-state index contributed by atoms with van der Waals surface area (Å²) >= 11 is 5.13. The number of nitrogens with two attached hydrogens (primary N) is 1. The highest BCUT2D eigenvalue weighted by Crippen LogP contribution is 2.34. The van der Waals surface area contributed by atoms with Crippen molar-refractivity contribution in [1.29, 1.82) is 0 Å². The fourth-order valence-electron chi connectivity index (χ4n) is 1.33. The maximum Gasteiger partial charge on any atom is 0.240 e. The molecule has 0 radical (unpaired) electrons. The predicted octanol–water partition coefficient (Wildman–Crippen LogP) is 2.68. The Morgan fingerprint density at radius 3 is 2.94 bits per heavy atom. The molecule has 0 unspecified atom stereocenters. The van der Waals surface area contributed by atoms with Gasteiger partial charge in [0.25, 0.3) is 0 Å². The molecule has 0 saturated heterocycles. The van der Waals surface area contributed by atoms with Crippen molar-refractivity contribution in [2.24, 2.45) is 5.73 Å². The Kier molecular flexibility index (Phi) is 3.63. The first-order chi connectivity index (χ1) is 7.76. The largest absolute Gasteiger partial charge is 0.338 e. The van der Waals surface area contributed by atoms with Crippen LogP contribution in [0.4, 0.5) is 0 Å². The Morgan fingerprint density at radius 2 is 2.31 bits per heavy atom. The second-order valence-electron chi connectivity index (χ2n) is 3.03. The molecule has 0 aliphatic carbocycles. The van der Waals surface area contributed by atoms with E-state index in [0.29, 0.717) is 11.7 Å². The Morgan fingerprint density at radius 1 is 1.50 bits per heavy atom. The fourth-order valence-corrected chi connectivity index (χ4v) is 2.63. The van der Waals surface area contributed by atoms with Gasteiger partial charge in [-0.25, -0.2) is 0 Å². The third-order valence-corrected chi connectivity index (χ3v) is 3.50. The molecule has 4 nitrogen and oxygen atoms in total. The van der Waals surface area contributed by atoms with Crippen molar-refractivity contribution in [3.63, 3.8) is 0 Å². The highest BCUT2D eigenvalue weighted by molar-refractivity contribution is 9.10. The smallest absolute Gasteiger partial charge is 0.240 e. The van der Waals surface area contributed by atoms with Gasteiger partial charge in [0.1, 0.15) is 0 Å². The topological polar surface area (TPSA) is 64.9 Å². The first-order valence-corrected chi connectivity index (χ1v) is 6.63. The van der Waals surface area contributed by atoms with Gasteiger partial charge in [0.2, 0.25) is 11.7 Å². The summed E-state index contributed by atoms with van der Waals surface area (Å²) < 4.78 is 5.95. The van der Waals surface area contributed by atoms with E-state index in [4.69, 9.17) is 10.3 Å². The molecule has 0 amide bonds. The van der Waals surface area contributed by atoms with Gasteiger partial charge in [-0.15, -0.1) is 11.8 Å². The lowest BCUT2D eigenvalue weighted by molar-refractivity contribution is 0.380. The number of thioether (sulfide) groups is 1. The molecule has 0 fully saturated rings. The van der Waals surface area contributed by atoms with Crippen molar-refractivity contribution in [3.05, 3.63) is 28.6 Å². The summed E-state index contributed by atoms with van der Waals surface area (Å²) in [6.07, 6.45) is 2.01. The zero-order valence-corrected chi connectivity index (χ0v) is 11.0. The average Bonchev–Trinajstić information content (AvgIpc) is 2.76. The zero-order chi connectivity index (χ0) is 11.5. The summed E-state index contributed by atoms with van der Waals surface area (Å²) in [6.45, 7) is 0.256. The summed E-state index contributed by atoms with van der Waals surface area (Å²) in [6, 6.07) is 5.94. The van der Waals surface area contributed by atoms with Gasteiger partial charge in [-0.3, -0.25) is 0 Å². The number of halogens is 1. The number of aromatic nitrogens is 2. The molecule has 0 aliphatic heterocycles. The lowest BCUT2D eigenvalue weighted by Crippen LogP contribution is -1.96. The molecule has 1 aromatic heterocycles. The normalized spacial score (nSPS) is 10.7. The molecule has 0 bridgehead atoms. The first-order valence-electron chi connectivity index (χ1n) is 4.61. The van der Waals surface area contributed by atoms with Crippen LogP contribution in [0, 0.1) is 0 Å². The fraction of sp³-hybridized carbons (Fsp3) is 0.200. The van der Waals surface area contributed by atoms with E-state index in [1.165, 1.54) is 0 Å². The molecule has 2 N–H and O–H groups in total. The van der Waals surface area contributed by atoms with E-state index in [0.717, 1.165) is 14.9 Å². The zero-order valence-electron chi connectivity index (χ0n) is 8.61. The van der Waals surface area contributed by atoms with E-state index in [1.807, 2.05) is 24.5 Å². The van der Waals surface area contributed by atoms with Gasteiger partial charge in [0.15, 0.2) is 0 Å². The molecule has 1 aromatic carbocycles. The summed E-state index contributed by atoms with van der Waals surface area (Å²) in [5.74, 6) is 1.01. The number of benzene rings is 1. The quantitative estimate of drug-likeness (QED) is 0.883. The molecule has 0 saturated carbocycles. The van der Waals surface area contributed by atoms with E-state index >= 15 is 0 Å². The summed E-state index contributed by atoms with van der Waals surface area (Å²) in [5, 5.41) is 3.92. The second kappa shape index (κ2) is 4.99. The van der Waals surface area contributed by atoms with E-state index in [1.54, 1.807) is 11.8 Å². The molecule has 6 heteroatoms. The SMILES string of the molecule is CSc1cccc(Br)c1-c1noc(CN)n1. The van der Waals surface area contributed by atoms with Crippen LogP contribution in [0.3, 0.4) is 0 Å². The molecule has 84 valence electrons. The van der Waals surface area contributed by atoms with Gasteiger partial charge in [0.05, 0.1) is 12.1 Å². The maximum absolute atomic E-state index is 5.44. The van der Waals surface area contributed by atoms with Gasteiger partial charge >= 0.3 is 0 Å². The van der Waals surface area contributed by atoms with Crippen LogP contribution in [0.2, 0.25) is 0 Å². The average molecular weight is 300 g/mol. The molecule has 0 spiro atoms. The van der Waals surface area contributed by atoms with E-state index < -0.39 is 0 Å². The van der Waals surface area contributed by atoms with Crippen LogP contribution in [0.5, 0.6) is 0 Å². The number of rotatable bonds is 3. The molecule has 2 aromatic rings. The summed E-state index contributed by atoms with van der Waals surface area (Å²) in [5.41, 5.74) is 6.38. The van der Waals surface area contributed by atoms with Crippen LogP contribution in [-0.4, -0.2) is 16.4 Å². The standard InChI is InChI=1S/C10H10BrN3OS/c1-16-7-4-2-3-6(11)9(7)10-13-8(5-12)15-14-10/h2-4H,5,12H2,1H3.